The maximum atomic E-state index is 12.2. The third kappa shape index (κ3) is 5.81. The van der Waals surface area contributed by atoms with Gasteiger partial charge in [0.05, 0.1) is 18.1 Å². The molecule has 0 fully saturated rings. The molecule has 1 aromatic carbocycles. The molecule has 1 aromatic heterocycles. The number of methoxy groups -OCH3 is 1. The predicted molar refractivity (Wildman–Crippen MR) is 97.8 cm³/mol. The molecular formula is C15H17N3O3S3. The zero-order valence-electron chi connectivity index (χ0n) is 13.4. The Morgan fingerprint density at radius 3 is 2.67 bits per heavy atom. The van der Waals surface area contributed by atoms with Crippen molar-refractivity contribution >= 4 is 51.9 Å². The van der Waals surface area contributed by atoms with Gasteiger partial charge in [0, 0.05) is 4.90 Å². The van der Waals surface area contributed by atoms with Crippen molar-refractivity contribution < 1.29 is 14.3 Å². The van der Waals surface area contributed by atoms with Crippen LogP contribution in [0.1, 0.15) is 12.5 Å². The lowest BCUT2D eigenvalue weighted by molar-refractivity contribution is -0.137. The average molecular weight is 384 g/mol. The molecule has 1 atom stereocenters. The van der Waals surface area contributed by atoms with E-state index in [9.17, 15) is 9.59 Å². The number of hydrogen-bond donors (Lipinski definition) is 1. The molecule has 2 aromatic rings. The van der Waals surface area contributed by atoms with Crippen molar-refractivity contribution in [1.29, 1.82) is 0 Å². The second-order valence-electron chi connectivity index (χ2n) is 4.80. The van der Waals surface area contributed by atoms with Gasteiger partial charge in [-0.05, 0) is 26.0 Å². The van der Waals surface area contributed by atoms with Gasteiger partial charge in [-0.2, -0.15) is 0 Å². The molecule has 0 saturated heterocycles. The van der Waals surface area contributed by atoms with Gasteiger partial charge >= 0.3 is 5.97 Å². The summed E-state index contributed by atoms with van der Waals surface area (Å²) in [5.74, 6) is -0.302. The van der Waals surface area contributed by atoms with Gasteiger partial charge < -0.3 is 4.74 Å². The van der Waals surface area contributed by atoms with Gasteiger partial charge in [0.2, 0.25) is 11.0 Å². The van der Waals surface area contributed by atoms with Crippen LogP contribution in [0.15, 0.2) is 33.5 Å². The lowest BCUT2D eigenvalue weighted by Gasteiger charge is -2.10. The minimum atomic E-state index is -0.330. The number of carbonyl (C=O) groups is 2. The van der Waals surface area contributed by atoms with Crippen LogP contribution >= 0.6 is 34.9 Å². The zero-order valence-corrected chi connectivity index (χ0v) is 15.9. The van der Waals surface area contributed by atoms with Crippen LogP contribution in [-0.2, 0) is 14.3 Å². The largest absolute Gasteiger partial charge is 0.468 e. The van der Waals surface area contributed by atoms with E-state index < -0.39 is 0 Å². The Bertz CT molecular complexity index is 703. The van der Waals surface area contributed by atoms with Crippen LogP contribution in [0.25, 0.3) is 0 Å². The maximum absolute atomic E-state index is 12.2. The summed E-state index contributed by atoms with van der Waals surface area (Å²) in [6.07, 6.45) is 0. The van der Waals surface area contributed by atoms with Crippen molar-refractivity contribution in [3.63, 3.8) is 0 Å². The third-order valence-electron chi connectivity index (χ3n) is 2.88. The smallest absolute Gasteiger partial charge is 0.316 e. The van der Waals surface area contributed by atoms with Gasteiger partial charge in [-0.3, -0.25) is 14.9 Å². The SMILES string of the molecule is COC(=O)CSc1nnc(NC(=O)[C@@H](C)Sc2ccc(C)cc2)s1. The number of anilines is 1. The normalized spacial score (nSPS) is 11.8. The molecule has 0 unspecified atom stereocenters. The monoisotopic (exact) mass is 383 g/mol. The topological polar surface area (TPSA) is 81.2 Å². The number of carbonyl (C=O) groups excluding carboxylic acids is 2. The Kier molecular flexibility index (Phi) is 7.07. The Hall–Kier alpha value is -1.58. The van der Waals surface area contributed by atoms with Gasteiger partial charge in [-0.15, -0.1) is 22.0 Å². The van der Waals surface area contributed by atoms with Crippen LogP contribution in [0.3, 0.4) is 0 Å². The van der Waals surface area contributed by atoms with E-state index in [1.165, 1.54) is 47.5 Å². The first kappa shape index (κ1) is 18.8. The van der Waals surface area contributed by atoms with Crippen molar-refractivity contribution in [2.45, 2.75) is 28.3 Å². The predicted octanol–water partition coefficient (Wildman–Crippen LogP) is 3.23. The summed E-state index contributed by atoms with van der Waals surface area (Å²) in [6, 6.07) is 8.03. The molecule has 1 N–H and O–H groups in total. The molecule has 1 amide bonds. The molecule has 2 rings (SSSR count). The molecule has 0 spiro atoms. The molecule has 0 radical (unpaired) electrons. The van der Waals surface area contributed by atoms with Crippen molar-refractivity contribution in [3.8, 4) is 0 Å². The lowest BCUT2D eigenvalue weighted by atomic mass is 10.2. The highest BCUT2D eigenvalue weighted by atomic mass is 32.2. The molecule has 24 heavy (non-hydrogen) atoms. The van der Waals surface area contributed by atoms with E-state index in [0.29, 0.717) is 9.47 Å². The highest BCUT2D eigenvalue weighted by molar-refractivity contribution is 8.01. The molecule has 0 aliphatic carbocycles. The number of hydrogen-bond acceptors (Lipinski definition) is 8. The summed E-state index contributed by atoms with van der Waals surface area (Å²) in [4.78, 5) is 24.4. The fraction of sp³-hybridized carbons (Fsp3) is 0.333. The Balaban J connectivity index is 1.86. The fourth-order valence-corrected chi connectivity index (χ4v) is 4.03. The summed E-state index contributed by atoms with van der Waals surface area (Å²) in [5.41, 5.74) is 1.18. The van der Waals surface area contributed by atoms with E-state index in [4.69, 9.17) is 0 Å². The highest BCUT2D eigenvalue weighted by Crippen LogP contribution is 2.27. The Morgan fingerprint density at radius 2 is 2.00 bits per heavy atom. The summed E-state index contributed by atoms with van der Waals surface area (Å²) < 4.78 is 5.17. The third-order valence-corrected chi connectivity index (χ3v) is 5.94. The van der Waals surface area contributed by atoms with E-state index >= 15 is 0 Å². The van der Waals surface area contributed by atoms with Crippen molar-refractivity contribution in [1.82, 2.24) is 10.2 Å². The number of nitrogens with one attached hydrogen (secondary N) is 1. The van der Waals surface area contributed by atoms with Gasteiger partial charge in [-0.1, -0.05) is 40.8 Å². The molecular weight excluding hydrogens is 366 g/mol. The van der Waals surface area contributed by atoms with Gasteiger partial charge in [0.15, 0.2) is 4.34 Å². The number of ether oxygens (including phenoxy) is 1. The van der Waals surface area contributed by atoms with Gasteiger partial charge in [0.25, 0.3) is 0 Å². The quantitative estimate of drug-likeness (QED) is 0.446. The first-order valence-corrected chi connectivity index (χ1v) is 9.73. The van der Waals surface area contributed by atoms with E-state index in [1.807, 2.05) is 38.1 Å². The lowest BCUT2D eigenvalue weighted by Crippen LogP contribution is -2.22. The number of thioether (sulfide) groups is 2. The summed E-state index contributed by atoms with van der Waals surface area (Å²) in [7, 11) is 1.34. The van der Waals surface area contributed by atoms with Crippen LogP contribution < -0.4 is 5.32 Å². The number of aryl methyl sites for hydroxylation is 1. The summed E-state index contributed by atoms with van der Waals surface area (Å²) in [5, 5.41) is 10.8. The summed E-state index contributed by atoms with van der Waals surface area (Å²) in [6.45, 7) is 3.86. The molecule has 9 heteroatoms. The zero-order chi connectivity index (χ0) is 17.5. The second-order valence-corrected chi connectivity index (χ2v) is 8.41. The van der Waals surface area contributed by atoms with E-state index in [1.54, 1.807) is 0 Å². The van der Waals surface area contributed by atoms with Crippen LogP contribution in [0.5, 0.6) is 0 Å². The minimum Gasteiger partial charge on any atom is -0.468 e. The molecule has 0 bridgehead atoms. The number of nitrogens with zero attached hydrogens (tertiary/aromatic N) is 2. The molecule has 6 nitrogen and oxygen atoms in total. The average Bonchev–Trinajstić information content (AvgIpc) is 3.02. The number of rotatable bonds is 7. The minimum absolute atomic E-state index is 0.138. The summed E-state index contributed by atoms with van der Waals surface area (Å²) >= 11 is 3.94. The molecule has 0 saturated carbocycles. The Morgan fingerprint density at radius 1 is 1.29 bits per heavy atom. The van der Waals surface area contributed by atoms with Crippen molar-refractivity contribution in [2.75, 3.05) is 18.2 Å². The second kappa shape index (κ2) is 9.05. The van der Waals surface area contributed by atoms with E-state index in [-0.39, 0.29) is 22.9 Å². The van der Waals surface area contributed by atoms with Crippen LogP contribution in [-0.4, -0.2) is 40.2 Å². The number of benzene rings is 1. The maximum Gasteiger partial charge on any atom is 0.316 e. The van der Waals surface area contributed by atoms with E-state index in [2.05, 4.69) is 20.3 Å². The number of aromatic nitrogens is 2. The number of amides is 1. The highest BCUT2D eigenvalue weighted by Gasteiger charge is 2.17. The van der Waals surface area contributed by atoms with Crippen LogP contribution in [0.2, 0.25) is 0 Å². The van der Waals surface area contributed by atoms with Gasteiger partial charge in [-0.25, -0.2) is 0 Å². The Labute approximate surface area is 152 Å². The van der Waals surface area contributed by atoms with E-state index in [0.717, 1.165) is 4.90 Å². The fourth-order valence-electron chi connectivity index (χ4n) is 1.58. The number of esters is 1. The standard InChI is InChI=1S/C15H17N3O3S3/c1-9-4-6-11(7-5-9)23-10(2)13(20)16-14-17-18-15(24-14)22-8-12(19)21-3/h4-7,10H,8H2,1-3H3,(H,16,17,20)/t10-/m1/s1. The van der Waals surface area contributed by atoms with Crippen LogP contribution in [0.4, 0.5) is 5.13 Å². The molecule has 128 valence electrons. The molecule has 0 aliphatic heterocycles. The van der Waals surface area contributed by atoms with Crippen LogP contribution in [0, 0.1) is 6.92 Å². The van der Waals surface area contributed by atoms with Crippen molar-refractivity contribution in [3.05, 3.63) is 29.8 Å². The van der Waals surface area contributed by atoms with Gasteiger partial charge in [0.1, 0.15) is 0 Å². The first-order valence-electron chi connectivity index (χ1n) is 7.05. The van der Waals surface area contributed by atoms with Crippen molar-refractivity contribution in [2.24, 2.45) is 0 Å². The molecule has 0 aliphatic rings. The molecule has 1 heterocycles. The first-order chi connectivity index (χ1) is 11.5.